The minimum absolute atomic E-state index is 0.0568. The molecule has 1 nitrogen and oxygen atoms in total. The molecule has 0 aromatic heterocycles. The molecule has 2 aromatic carbocycles. The first-order valence-corrected chi connectivity index (χ1v) is 9.92. The summed E-state index contributed by atoms with van der Waals surface area (Å²) in [4.78, 5) is 0. The van der Waals surface area contributed by atoms with E-state index in [-0.39, 0.29) is 18.2 Å². The lowest BCUT2D eigenvalue weighted by molar-refractivity contribution is 0.295. The summed E-state index contributed by atoms with van der Waals surface area (Å²) in [5.74, 6) is -0.445. The Morgan fingerprint density at radius 3 is 2.26 bits per heavy atom. The van der Waals surface area contributed by atoms with Crippen LogP contribution >= 0.6 is 0 Å². The minimum atomic E-state index is -0.713. The highest BCUT2D eigenvalue weighted by molar-refractivity contribution is 5.28. The van der Waals surface area contributed by atoms with Gasteiger partial charge in [0.1, 0.15) is 29.8 Å². The van der Waals surface area contributed by atoms with Gasteiger partial charge in [0, 0.05) is 23.8 Å². The molecule has 3 rings (SSSR count). The molecule has 1 aliphatic rings. The second-order valence-electron chi connectivity index (χ2n) is 7.60. The molecule has 4 heteroatoms. The molecule has 1 aliphatic carbocycles. The van der Waals surface area contributed by atoms with E-state index in [1.807, 2.05) is 6.07 Å². The first-order chi connectivity index (χ1) is 13.0. The summed E-state index contributed by atoms with van der Waals surface area (Å²) < 4.78 is 46.2. The van der Waals surface area contributed by atoms with E-state index in [1.54, 1.807) is 12.1 Å². The smallest absolute Gasteiger partial charge is 0.130 e. The average molecular weight is 376 g/mol. The fourth-order valence-electron chi connectivity index (χ4n) is 3.98. The molecule has 0 spiro atoms. The Morgan fingerprint density at radius 1 is 0.926 bits per heavy atom. The van der Waals surface area contributed by atoms with E-state index < -0.39 is 11.6 Å². The second kappa shape index (κ2) is 9.29. The Hall–Kier alpha value is -1.97. The normalized spacial score (nSPS) is 19.9. The van der Waals surface area contributed by atoms with Crippen LogP contribution in [0.1, 0.15) is 68.9 Å². The molecule has 1 fully saturated rings. The predicted octanol–water partition coefficient (Wildman–Crippen LogP) is 7.15. The number of halogens is 3. The van der Waals surface area contributed by atoms with Crippen molar-refractivity contribution in [2.24, 2.45) is 5.92 Å². The van der Waals surface area contributed by atoms with Crippen molar-refractivity contribution in [3.63, 3.8) is 0 Å². The van der Waals surface area contributed by atoms with Crippen molar-refractivity contribution in [3.8, 4) is 5.75 Å². The molecule has 0 N–H and O–H groups in total. The van der Waals surface area contributed by atoms with E-state index in [4.69, 9.17) is 4.74 Å². The van der Waals surface area contributed by atoms with Gasteiger partial charge in [0.2, 0.25) is 0 Å². The van der Waals surface area contributed by atoms with Crippen LogP contribution in [-0.4, -0.2) is 0 Å². The van der Waals surface area contributed by atoms with Gasteiger partial charge in [0.05, 0.1) is 0 Å². The molecule has 2 aromatic rings. The van der Waals surface area contributed by atoms with Crippen molar-refractivity contribution in [3.05, 3.63) is 65.0 Å². The molecule has 1 saturated carbocycles. The lowest BCUT2D eigenvalue weighted by Crippen LogP contribution is -2.13. The van der Waals surface area contributed by atoms with Crippen molar-refractivity contribution < 1.29 is 17.9 Å². The maximum absolute atomic E-state index is 14.5. The quantitative estimate of drug-likeness (QED) is 0.499. The summed E-state index contributed by atoms with van der Waals surface area (Å²) in [6.45, 7) is 2.17. The topological polar surface area (TPSA) is 9.23 Å². The highest BCUT2D eigenvalue weighted by Crippen LogP contribution is 2.38. The van der Waals surface area contributed by atoms with Crippen molar-refractivity contribution in [2.75, 3.05) is 0 Å². The monoisotopic (exact) mass is 376 g/mol. The molecule has 0 bridgehead atoms. The fraction of sp³-hybridized carbons (Fsp3) is 0.478. The average Bonchev–Trinajstić information content (AvgIpc) is 2.65. The van der Waals surface area contributed by atoms with Crippen molar-refractivity contribution in [2.45, 2.75) is 64.4 Å². The Labute approximate surface area is 159 Å². The van der Waals surface area contributed by atoms with Gasteiger partial charge in [-0.05, 0) is 49.1 Å². The predicted molar refractivity (Wildman–Crippen MR) is 101 cm³/mol. The number of benzene rings is 2. The second-order valence-corrected chi connectivity index (χ2v) is 7.60. The molecule has 0 saturated heterocycles. The first-order valence-electron chi connectivity index (χ1n) is 9.92. The Morgan fingerprint density at radius 2 is 1.63 bits per heavy atom. The molecule has 0 heterocycles. The van der Waals surface area contributed by atoms with Gasteiger partial charge < -0.3 is 4.74 Å². The summed E-state index contributed by atoms with van der Waals surface area (Å²) in [5.41, 5.74) is 1.43. The molecule has 27 heavy (non-hydrogen) atoms. The summed E-state index contributed by atoms with van der Waals surface area (Å²) in [7, 11) is 0. The first kappa shape index (κ1) is 19.8. The van der Waals surface area contributed by atoms with E-state index in [0.29, 0.717) is 11.5 Å². The van der Waals surface area contributed by atoms with Crippen LogP contribution in [0.2, 0.25) is 0 Å². The number of unbranched alkanes of at least 4 members (excludes halogenated alkanes) is 1. The number of hydrogen-bond donors (Lipinski definition) is 0. The van der Waals surface area contributed by atoms with Gasteiger partial charge in [-0.1, -0.05) is 38.3 Å². The molecule has 0 unspecified atom stereocenters. The maximum atomic E-state index is 14.5. The molecule has 0 radical (unpaired) electrons. The number of ether oxygens (including phenoxy) is 1. The zero-order valence-electron chi connectivity index (χ0n) is 15.8. The Balaban J connectivity index is 1.57. The van der Waals surface area contributed by atoms with E-state index in [2.05, 4.69) is 6.92 Å². The Bertz CT molecular complexity index is 731. The van der Waals surface area contributed by atoms with Crippen molar-refractivity contribution >= 4 is 0 Å². The molecular weight excluding hydrogens is 349 g/mol. The van der Waals surface area contributed by atoms with Crippen LogP contribution in [-0.2, 0) is 6.61 Å². The van der Waals surface area contributed by atoms with Gasteiger partial charge in [0.15, 0.2) is 0 Å². The van der Waals surface area contributed by atoms with Crippen LogP contribution in [0.5, 0.6) is 5.75 Å². The lowest BCUT2D eigenvalue weighted by Gasteiger charge is -2.29. The largest absolute Gasteiger partial charge is 0.489 e. The van der Waals surface area contributed by atoms with E-state index >= 15 is 0 Å². The zero-order valence-corrected chi connectivity index (χ0v) is 15.8. The van der Waals surface area contributed by atoms with Crippen LogP contribution < -0.4 is 4.74 Å². The van der Waals surface area contributed by atoms with Crippen LogP contribution in [0.3, 0.4) is 0 Å². The zero-order chi connectivity index (χ0) is 19.2. The van der Waals surface area contributed by atoms with E-state index in [9.17, 15) is 13.2 Å². The lowest BCUT2D eigenvalue weighted by atomic mass is 9.77. The summed E-state index contributed by atoms with van der Waals surface area (Å²) in [6, 6.07) is 8.24. The fourth-order valence-corrected chi connectivity index (χ4v) is 3.98. The third-order valence-corrected chi connectivity index (χ3v) is 5.59. The maximum Gasteiger partial charge on any atom is 0.130 e. The SMILES string of the molecule is CCCCC1CCC(c2ccc(COc3cc(F)cc(F)c3)c(F)c2)CC1. The summed E-state index contributed by atoms with van der Waals surface area (Å²) in [5, 5.41) is 0. The molecule has 146 valence electrons. The highest BCUT2D eigenvalue weighted by atomic mass is 19.1. The third-order valence-electron chi connectivity index (χ3n) is 5.59. The highest BCUT2D eigenvalue weighted by Gasteiger charge is 2.22. The summed E-state index contributed by atoms with van der Waals surface area (Å²) in [6.07, 6.45) is 8.54. The van der Waals surface area contributed by atoms with Gasteiger partial charge >= 0.3 is 0 Å². The van der Waals surface area contributed by atoms with E-state index in [1.165, 1.54) is 32.1 Å². The van der Waals surface area contributed by atoms with Gasteiger partial charge in [-0.3, -0.25) is 0 Å². The third kappa shape index (κ3) is 5.50. The van der Waals surface area contributed by atoms with Gasteiger partial charge in [-0.25, -0.2) is 13.2 Å². The number of hydrogen-bond acceptors (Lipinski definition) is 1. The van der Waals surface area contributed by atoms with Gasteiger partial charge in [-0.15, -0.1) is 0 Å². The number of rotatable bonds is 7. The molecule has 0 aliphatic heterocycles. The molecule has 0 atom stereocenters. The van der Waals surface area contributed by atoms with Crippen LogP contribution in [0.25, 0.3) is 0 Å². The van der Waals surface area contributed by atoms with E-state index in [0.717, 1.165) is 42.5 Å². The summed E-state index contributed by atoms with van der Waals surface area (Å²) >= 11 is 0. The molecular formula is C23H27F3O. The van der Waals surface area contributed by atoms with Crippen molar-refractivity contribution in [1.82, 2.24) is 0 Å². The Kier molecular flexibility index (Phi) is 6.81. The van der Waals surface area contributed by atoms with Crippen LogP contribution in [0.15, 0.2) is 36.4 Å². The molecule has 0 amide bonds. The standard InChI is InChI=1S/C23H27F3O/c1-2-3-4-16-5-7-17(8-6-16)18-9-10-19(23(26)11-18)15-27-22-13-20(24)12-21(25)14-22/h9-14,16-17H,2-8,15H2,1H3. The van der Waals surface area contributed by atoms with Gasteiger partial charge in [-0.2, -0.15) is 0 Å². The van der Waals surface area contributed by atoms with Crippen LogP contribution in [0, 0.1) is 23.4 Å². The minimum Gasteiger partial charge on any atom is -0.489 e. The van der Waals surface area contributed by atoms with Gasteiger partial charge in [0.25, 0.3) is 0 Å². The van der Waals surface area contributed by atoms with Crippen molar-refractivity contribution in [1.29, 1.82) is 0 Å². The van der Waals surface area contributed by atoms with Crippen LogP contribution in [0.4, 0.5) is 13.2 Å².